The summed E-state index contributed by atoms with van der Waals surface area (Å²) in [6.45, 7) is 0. The van der Waals surface area contributed by atoms with Crippen LogP contribution in [0.2, 0.25) is 0 Å². The maximum Gasteiger partial charge on any atom is 0.333 e. The molecular formula is C6H4F3N3O2. The van der Waals surface area contributed by atoms with E-state index in [2.05, 4.69) is 4.98 Å². The molecule has 8 heteroatoms. The van der Waals surface area contributed by atoms with E-state index < -0.39 is 34.4 Å². The summed E-state index contributed by atoms with van der Waals surface area (Å²) in [7, 11) is 0. The Morgan fingerprint density at radius 2 is 2.14 bits per heavy atom. The first-order valence-electron chi connectivity index (χ1n) is 3.32. The Morgan fingerprint density at radius 3 is 2.57 bits per heavy atom. The van der Waals surface area contributed by atoms with Crippen molar-refractivity contribution >= 4 is 11.5 Å². The van der Waals surface area contributed by atoms with Gasteiger partial charge in [0.2, 0.25) is 0 Å². The number of nitrogens with two attached hydrogens (primary N) is 1. The molecule has 0 aliphatic carbocycles. The van der Waals surface area contributed by atoms with Crippen molar-refractivity contribution in [2.75, 3.05) is 5.73 Å². The summed E-state index contributed by atoms with van der Waals surface area (Å²) in [6, 6.07) is 0.575. The van der Waals surface area contributed by atoms with Gasteiger partial charge in [0.15, 0.2) is 0 Å². The van der Waals surface area contributed by atoms with Crippen molar-refractivity contribution in [3.63, 3.8) is 0 Å². The number of pyridine rings is 1. The van der Waals surface area contributed by atoms with Crippen LogP contribution in [-0.2, 0) is 0 Å². The van der Waals surface area contributed by atoms with Gasteiger partial charge >= 0.3 is 5.69 Å². The summed E-state index contributed by atoms with van der Waals surface area (Å²) in [4.78, 5) is 11.8. The molecule has 0 aliphatic heterocycles. The molecule has 5 nitrogen and oxygen atoms in total. The Balaban J connectivity index is 3.44. The molecule has 0 saturated heterocycles. The van der Waals surface area contributed by atoms with E-state index in [1.54, 1.807) is 0 Å². The predicted octanol–water partition coefficient (Wildman–Crippen LogP) is 1.65. The van der Waals surface area contributed by atoms with Gasteiger partial charge in [0.1, 0.15) is 11.4 Å². The van der Waals surface area contributed by atoms with Gasteiger partial charge in [-0.25, -0.2) is 8.78 Å². The van der Waals surface area contributed by atoms with Crippen LogP contribution in [0.1, 0.15) is 12.0 Å². The zero-order valence-electron chi connectivity index (χ0n) is 6.58. The highest BCUT2D eigenvalue weighted by molar-refractivity contribution is 5.46. The molecule has 0 unspecified atom stereocenters. The van der Waals surface area contributed by atoms with Crippen molar-refractivity contribution < 1.29 is 18.1 Å². The number of aromatic nitrogens is 1. The average Bonchev–Trinajstić information content (AvgIpc) is 2.01. The summed E-state index contributed by atoms with van der Waals surface area (Å²) in [6.07, 6.45) is -3.17. The van der Waals surface area contributed by atoms with Gasteiger partial charge in [0.05, 0.1) is 4.92 Å². The zero-order valence-corrected chi connectivity index (χ0v) is 6.58. The summed E-state index contributed by atoms with van der Waals surface area (Å²) >= 11 is 0. The molecule has 1 aromatic rings. The number of hydrogen-bond acceptors (Lipinski definition) is 4. The molecule has 1 heterocycles. The fraction of sp³-hybridized carbons (Fsp3) is 0.167. The van der Waals surface area contributed by atoms with Crippen molar-refractivity contribution in [2.45, 2.75) is 6.43 Å². The molecule has 0 bridgehead atoms. The summed E-state index contributed by atoms with van der Waals surface area (Å²) in [5.74, 6) is -2.13. The van der Waals surface area contributed by atoms with Crippen LogP contribution < -0.4 is 5.73 Å². The SMILES string of the molecule is Nc1cc(C(F)F)c([N+](=O)[O-])c(F)n1. The van der Waals surface area contributed by atoms with Crippen LogP contribution in [0.25, 0.3) is 0 Å². The molecule has 0 atom stereocenters. The molecule has 0 saturated carbocycles. The molecule has 14 heavy (non-hydrogen) atoms. The Hall–Kier alpha value is -1.86. The van der Waals surface area contributed by atoms with E-state index in [1.807, 2.05) is 0 Å². The standard InChI is InChI=1S/C6H4F3N3O2/c7-5(8)2-1-3(10)11-6(9)4(2)12(13)14/h1,5H,(H2,10,11). The van der Waals surface area contributed by atoms with Gasteiger partial charge in [-0.05, 0) is 6.07 Å². The van der Waals surface area contributed by atoms with E-state index in [0.717, 1.165) is 0 Å². The normalized spacial score (nSPS) is 10.6. The minimum Gasteiger partial charge on any atom is -0.384 e. The van der Waals surface area contributed by atoms with Gasteiger partial charge in [-0.1, -0.05) is 0 Å². The molecule has 0 fully saturated rings. The zero-order chi connectivity index (χ0) is 10.9. The predicted molar refractivity (Wildman–Crippen MR) is 40.2 cm³/mol. The Bertz CT molecular complexity index is 383. The monoisotopic (exact) mass is 207 g/mol. The van der Waals surface area contributed by atoms with E-state index in [1.165, 1.54) is 0 Å². The quantitative estimate of drug-likeness (QED) is 0.454. The minimum absolute atomic E-state index is 0.525. The number of nitrogens with zero attached hydrogens (tertiary/aromatic N) is 2. The number of halogens is 3. The van der Waals surface area contributed by atoms with Gasteiger partial charge in [0, 0.05) is 0 Å². The highest BCUT2D eigenvalue weighted by Gasteiger charge is 2.28. The second-order valence-electron chi connectivity index (χ2n) is 2.33. The van der Waals surface area contributed by atoms with Crippen LogP contribution in [0, 0.1) is 16.1 Å². The third kappa shape index (κ3) is 1.73. The van der Waals surface area contributed by atoms with Crippen LogP contribution >= 0.6 is 0 Å². The molecule has 0 aliphatic rings. The highest BCUT2D eigenvalue weighted by Crippen LogP contribution is 2.31. The third-order valence-corrected chi connectivity index (χ3v) is 1.42. The first-order chi connectivity index (χ1) is 6.43. The smallest absolute Gasteiger partial charge is 0.333 e. The molecule has 0 spiro atoms. The maximum atomic E-state index is 12.8. The van der Waals surface area contributed by atoms with Gasteiger partial charge in [-0.15, -0.1) is 0 Å². The second-order valence-corrected chi connectivity index (χ2v) is 2.33. The van der Waals surface area contributed by atoms with Crippen LogP contribution in [0.5, 0.6) is 0 Å². The molecule has 1 rings (SSSR count). The van der Waals surface area contributed by atoms with E-state index in [9.17, 15) is 23.3 Å². The van der Waals surface area contributed by atoms with Gasteiger partial charge < -0.3 is 5.73 Å². The number of rotatable bonds is 2. The maximum absolute atomic E-state index is 12.8. The highest BCUT2D eigenvalue weighted by atomic mass is 19.3. The van der Waals surface area contributed by atoms with Gasteiger partial charge in [-0.3, -0.25) is 10.1 Å². The lowest BCUT2D eigenvalue weighted by molar-refractivity contribution is -0.389. The lowest BCUT2D eigenvalue weighted by atomic mass is 10.2. The van der Waals surface area contributed by atoms with Crippen molar-refractivity contribution in [3.05, 3.63) is 27.7 Å². The second kappa shape index (κ2) is 3.48. The number of nitrogen functional groups attached to an aromatic ring is 1. The third-order valence-electron chi connectivity index (χ3n) is 1.42. The Morgan fingerprint density at radius 1 is 1.57 bits per heavy atom. The summed E-state index contributed by atoms with van der Waals surface area (Å²) < 4.78 is 37.1. The fourth-order valence-corrected chi connectivity index (χ4v) is 0.892. The number of anilines is 1. The van der Waals surface area contributed by atoms with E-state index in [-0.39, 0.29) is 0 Å². The molecule has 0 aromatic carbocycles. The van der Waals surface area contributed by atoms with Crippen molar-refractivity contribution in [1.29, 1.82) is 0 Å². The van der Waals surface area contributed by atoms with Crippen LogP contribution in [0.4, 0.5) is 24.7 Å². The Labute approximate surface area is 75.5 Å². The molecule has 2 N–H and O–H groups in total. The average molecular weight is 207 g/mol. The minimum atomic E-state index is -3.17. The van der Waals surface area contributed by atoms with E-state index in [4.69, 9.17) is 5.73 Å². The van der Waals surface area contributed by atoms with Gasteiger partial charge in [-0.2, -0.15) is 9.37 Å². The summed E-state index contributed by atoms with van der Waals surface area (Å²) in [5, 5.41) is 10.2. The fourth-order valence-electron chi connectivity index (χ4n) is 0.892. The van der Waals surface area contributed by atoms with Crippen LogP contribution in [0.15, 0.2) is 6.07 Å². The first-order valence-corrected chi connectivity index (χ1v) is 3.32. The molecule has 0 radical (unpaired) electrons. The lowest BCUT2D eigenvalue weighted by Crippen LogP contribution is -2.04. The van der Waals surface area contributed by atoms with E-state index >= 15 is 0 Å². The molecule has 76 valence electrons. The molecular weight excluding hydrogens is 203 g/mol. The lowest BCUT2D eigenvalue weighted by Gasteiger charge is -2.02. The first kappa shape index (κ1) is 10.2. The van der Waals surface area contributed by atoms with Crippen LogP contribution in [0.3, 0.4) is 0 Å². The topological polar surface area (TPSA) is 82.0 Å². The molecule has 1 aromatic heterocycles. The largest absolute Gasteiger partial charge is 0.384 e. The van der Waals surface area contributed by atoms with Crippen molar-refractivity contribution in [1.82, 2.24) is 4.98 Å². The van der Waals surface area contributed by atoms with E-state index in [0.29, 0.717) is 6.07 Å². The number of nitro groups is 1. The summed E-state index contributed by atoms with van der Waals surface area (Å²) in [5.41, 5.74) is 2.55. The van der Waals surface area contributed by atoms with Gasteiger partial charge in [0.25, 0.3) is 12.4 Å². The number of alkyl halides is 2. The Kier molecular flexibility index (Phi) is 2.54. The molecule has 0 amide bonds. The number of hydrogen-bond donors (Lipinski definition) is 1. The van der Waals surface area contributed by atoms with Crippen molar-refractivity contribution in [3.8, 4) is 0 Å². The van der Waals surface area contributed by atoms with Crippen LogP contribution in [-0.4, -0.2) is 9.91 Å². The van der Waals surface area contributed by atoms with Crippen molar-refractivity contribution in [2.24, 2.45) is 0 Å².